The van der Waals surface area contributed by atoms with Gasteiger partial charge in [-0.25, -0.2) is 0 Å². The molecule has 0 radical (unpaired) electrons. The number of morpholine rings is 1. The van der Waals surface area contributed by atoms with Crippen LogP contribution >= 0.6 is 23.4 Å². The number of hydrogen-bond acceptors (Lipinski definition) is 3. The SMILES string of the molecule is CSc1ccc(Cl)c(C(=O)N2CCOCC2)c1. The number of carbonyl (C=O) groups is 1. The highest BCUT2D eigenvalue weighted by atomic mass is 35.5. The van der Waals surface area contributed by atoms with Gasteiger partial charge in [-0.3, -0.25) is 4.79 Å². The highest BCUT2D eigenvalue weighted by Gasteiger charge is 2.20. The van der Waals surface area contributed by atoms with Crippen LogP contribution in [-0.4, -0.2) is 43.4 Å². The van der Waals surface area contributed by atoms with Crippen molar-refractivity contribution in [2.24, 2.45) is 0 Å². The predicted octanol–water partition coefficient (Wildman–Crippen LogP) is 2.53. The first kappa shape index (κ1) is 12.7. The van der Waals surface area contributed by atoms with E-state index in [1.165, 1.54) is 0 Å². The van der Waals surface area contributed by atoms with Gasteiger partial charge in [-0.05, 0) is 24.5 Å². The van der Waals surface area contributed by atoms with Gasteiger partial charge < -0.3 is 9.64 Å². The Morgan fingerprint density at radius 2 is 2.12 bits per heavy atom. The lowest BCUT2D eigenvalue weighted by atomic mass is 10.2. The molecule has 1 amide bonds. The number of rotatable bonds is 2. The van der Waals surface area contributed by atoms with E-state index in [9.17, 15) is 4.79 Å². The van der Waals surface area contributed by atoms with E-state index in [-0.39, 0.29) is 5.91 Å². The molecule has 1 heterocycles. The second kappa shape index (κ2) is 5.76. The van der Waals surface area contributed by atoms with Gasteiger partial charge in [-0.1, -0.05) is 11.6 Å². The highest BCUT2D eigenvalue weighted by Crippen LogP contribution is 2.24. The maximum absolute atomic E-state index is 12.3. The molecule has 1 saturated heterocycles. The molecule has 0 atom stereocenters. The first-order valence-corrected chi connectivity index (χ1v) is 7.03. The number of thioether (sulfide) groups is 1. The number of ether oxygens (including phenoxy) is 1. The number of carbonyl (C=O) groups excluding carboxylic acids is 1. The number of amides is 1. The molecular weight excluding hydrogens is 258 g/mol. The van der Waals surface area contributed by atoms with Crippen LogP contribution in [0.15, 0.2) is 23.1 Å². The molecule has 0 saturated carbocycles. The van der Waals surface area contributed by atoms with Gasteiger partial charge in [0.1, 0.15) is 0 Å². The van der Waals surface area contributed by atoms with Crippen molar-refractivity contribution in [3.05, 3.63) is 28.8 Å². The number of hydrogen-bond donors (Lipinski definition) is 0. The number of benzene rings is 1. The topological polar surface area (TPSA) is 29.5 Å². The summed E-state index contributed by atoms with van der Waals surface area (Å²) in [6.45, 7) is 2.48. The highest BCUT2D eigenvalue weighted by molar-refractivity contribution is 7.98. The average Bonchev–Trinajstić information content (AvgIpc) is 2.39. The molecule has 92 valence electrons. The molecule has 0 aromatic heterocycles. The molecule has 5 heteroatoms. The van der Waals surface area contributed by atoms with Crippen LogP contribution < -0.4 is 0 Å². The van der Waals surface area contributed by atoms with Gasteiger partial charge in [-0.2, -0.15) is 0 Å². The lowest BCUT2D eigenvalue weighted by Crippen LogP contribution is -2.40. The van der Waals surface area contributed by atoms with Gasteiger partial charge >= 0.3 is 0 Å². The molecule has 1 aromatic carbocycles. The van der Waals surface area contributed by atoms with Crippen LogP contribution in [0.25, 0.3) is 0 Å². The third kappa shape index (κ3) is 2.94. The Bertz CT molecular complexity index is 419. The van der Waals surface area contributed by atoms with Crippen LogP contribution in [0, 0.1) is 0 Å². The minimum atomic E-state index is -0.00537. The molecule has 0 spiro atoms. The van der Waals surface area contributed by atoms with E-state index in [0.717, 1.165) is 4.90 Å². The van der Waals surface area contributed by atoms with E-state index >= 15 is 0 Å². The summed E-state index contributed by atoms with van der Waals surface area (Å²) in [4.78, 5) is 15.1. The monoisotopic (exact) mass is 271 g/mol. The number of halogens is 1. The van der Waals surface area contributed by atoms with E-state index in [2.05, 4.69) is 0 Å². The van der Waals surface area contributed by atoms with Gasteiger partial charge in [-0.15, -0.1) is 11.8 Å². The summed E-state index contributed by atoms with van der Waals surface area (Å²) in [5, 5.41) is 0.513. The lowest BCUT2D eigenvalue weighted by Gasteiger charge is -2.27. The van der Waals surface area contributed by atoms with Crippen molar-refractivity contribution in [1.82, 2.24) is 4.90 Å². The minimum absolute atomic E-state index is 0.00537. The van der Waals surface area contributed by atoms with Gasteiger partial charge in [0.05, 0.1) is 23.8 Å². The smallest absolute Gasteiger partial charge is 0.255 e. The van der Waals surface area contributed by atoms with Crippen LogP contribution in [0.2, 0.25) is 5.02 Å². The van der Waals surface area contributed by atoms with E-state index in [0.29, 0.717) is 36.9 Å². The zero-order valence-corrected chi connectivity index (χ0v) is 11.2. The second-order valence-corrected chi connectivity index (χ2v) is 5.04. The third-order valence-corrected chi connectivity index (χ3v) is 3.76. The van der Waals surface area contributed by atoms with E-state index in [1.807, 2.05) is 18.4 Å². The Balaban J connectivity index is 2.22. The molecule has 17 heavy (non-hydrogen) atoms. The van der Waals surface area contributed by atoms with E-state index in [1.54, 1.807) is 22.7 Å². The Kier molecular flexibility index (Phi) is 4.31. The van der Waals surface area contributed by atoms with Crippen LogP contribution in [-0.2, 0) is 4.74 Å². The first-order chi connectivity index (χ1) is 8.22. The van der Waals surface area contributed by atoms with Crippen molar-refractivity contribution >= 4 is 29.3 Å². The summed E-state index contributed by atoms with van der Waals surface area (Å²) in [5.74, 6) is -0.00537. The summed E-state index contributed by atoms with van der Waals surface area (Å²) < 4.78 is 5.23. The van der Waals surface area contributed by atoms with Crippen molar-refractivity contribution in [1.29, 1.82) is 0 Å². The largest absolute Gasteiger partial charge is 0.378 e. The molecule has 1 aromatic rings. The molecule has 0 aliphatic carbocycles. The zero-order chi connectivity index (χ0) is 12.3. The predicted molar refractivity (Wildman–Crippen MR) is 70.0 cm³/mol. The zero-order valence-electron chi connectivity index (χ0n) is 9.61. The van der Waals surface area contributed by atoms with Crippen LogP contribution in [0.5, 0.6) is 0 Å². The standard InChI is InChI=1S/C12H14ClNO2S/c1-17-9-2-3-11(13)10(8-9)12(15)14-4-6-16-7-5-14/h2-3,8H,4-7H2,1H3. The molecule has 0 unspecified atom stereocenters. The van der Waals surface area contributed by atoms with E-state index < -0.39 is 0 Å². The molecule has 1 fully saturated rings. The van der Waals surface area contributed by atoms with Gasteiger partial charge in [0.2, 0.25) is 0 Å². The van der Waals surface area contributed by atoms with Crippen LogP contribution in [0.1, 0.15) is 10.4 Å². The summed E-state index contributed by atoms with van der Waals surface area (Å²) >= 11 is 7.68. The molecular formula is C12H14ClNO2S. The summed E-state index contributed by atoms with van der Waals surface area (Å²) in [7, 11) is 0. The van der Waals surface area contributed by atoms with E-state index in [4.69, 9.17) is 16.3 Å². The molecule has 3 nitrogen and oxygen atoms in total. The average molecular weight is 272 g/mol. The Morgan fingerprint density at radius 3 is 2.76 bits per heavy atom. The van der Waals surface area contributed by atoms with Crippen LogP contribution in [0.3, 0.4) is 0 Å². The Morgan fingerprint density at radius 1 is 1.41 bits per heavy atom. The maximum atomic E-state index is 12.3. The number of nitrogens with zero attached hydrogens (tertiary/aromatic N) is 1. The lowest BCUT2D eigenvalue weighted by molar-refractivity contribution is 0.0303. The normalized spacial score (nSPS) is 16.0. The van der Waals surface area contributed by atoms with Gasteiger partial charge in [0.25, 0.3) is 5.91 Å². The fourth-order valence-corrected chi connectivity index (χ4v) is 2.37. The third-order valence-electron chi connectivity index (χ3n) is 2.70. The van der Waals surface area contributed by atoms with Crippen molar-refractivity contribution in [2.75, 3.05) is 32.6 Å². The Hall–Kier alpha value is -0.710. The van der Waals surface area contributed by atoms with Gasteiger partial charge in [0.15, 0.2) is 0 Å². The Labute approximate surface area is 110 Å². The first-order valence-electron chi connectivity index (χ1n) is 5.43. The van der Waals surface area contributed by atoms with Crippen molar-refractivity contribution in [3.8, 4) is 0 Å². The molecule has 1 aliphatic heterocycles. The summed E-state index contributed by atoms with van der Waals surface area (Å²) in [6.07, 6.45) is 1.98. The quantitative estimate of drug-likeness (QED) is 0.774. The van der Waals surface area contributed by atoms with Crippen molar-refractivity contribution in [2.45, 2.75) is 4.90 Å². The fraction of sp³-hybridized carbons (Fsp3) is 0.417. The van der Waals surface area contributed by atoms with Crippen molar-refractivity contribution in [3.63, 3.8) is 0 Å². The summed E-state index contributed by atoms with van der Waals surface area (Å²) in [6, 6.07) is 5.55. The van der Waals surface area contributed by atoms with Gasteiger partial charge in [0, 0.05) is 18.0 Å². The molecule has 1 aliphatic rings. The minimum Gasteiger partial charge on any atom is -0.378 e. The summed E-state index contributed by atoms with van der Waals surface area (Å²) in [5.41, 5.74) is 0.584. The second-order valence-electron chi connectivity index (χ2n) is 3.75. The maximum Gasteiger partial charge on any atom is 0.255 e. The fourth-order valence-electron chi connectivity index (χ4n) is 1.73. The van der Waals surface area contributed by atoms with Crippen LogP contribution in [0.4, 0.5) is 0 Å². The molecule has 0 bridgehead atoms. The van der Waals surface area contributed by atoms with Crippen molar-refractivity contribution < 1.29 is 9.53 Å². The molecule has 0 N–H and O–H groups in total. The molecule has 2 rings (SSSR count).